The maximum absolute atomic E-state index is 14.0. The molecule has 0 radical (unpaired) electrons. The van der Waals surface area contributed by atoms with Gasteiger partial charge in [0.1, 0.15) is 5.01 Å². The lowest BCUT2D eigenvalue weighted by Crippen LogP contribution is -2.31. The summed E-state index contributed by atoms with van der Waals surface area (Å²) in [5, 5.41) is 0.470. The van der Waals surface area contributed by atoms with Crippen LogP contribution in [0, 0.1) is 18.6 Å². The summed E-state index contributed by atoms with van der Waals surface area (Å²) in [5.74, 6) is -2.60. The van der Waals surface area contributed by atoms with E-state index in [4.69, 9.17) is 4.74 Å². The lowest BCUT2D eigenvalue weighted by molar-refractivity contribution is -0.144. The summed E-state index contributed by atoms with van der Waals surface area (Å²) in [4.78, 5) is 30.4. The first-order valence-corrected chi connectivity index (χ1v) is 9.97. The molecule has 0 aliphatic rings. The van der Waals surface area contributed by atoms with E-state index in [0.29, 0.717) is 16.2 Å². The van der Waals surface area contributed by atoms with Crippen molar-refractivity contribution in [2.75, 3.05) is 11.5 Å². The number of thiazole rings is 1. The van der Waals surface area contributed by atoms with E-state index >= 15 is 0 Å². The summed E-state index contributed by atoms with van der Waals surface area (Å²) in [6, 6.07) is 9.77. The molecule has 1 amide bonds. The van der Waals surface area contributed by atoms with E-state index in [1.807, 2.05) is 19.1 Å². The van der Waals surface area contributed by atoms with E-state index in [2.05, 4.69) is 4.98 Å². The summed E-state index contributed by atoms with van der Waals surface area (Å²) in [7, 11) is 0. The van der Waals surface area contributed by atoms with Crippen LogP contribution in [0.3, 0.4) is 0 Å². The van der Waals surface area contributed by atoms with Crippen LogP contribution in [0.2, 0.25) is 0 Å². The molecule has 3 rings (SSSR count). The molecule has 0 saturated heterocycles. The van der Waals surface area contributed by atoms with Crippen LogP contribution in [-0.4, -0.2) is 23.5 Å². The first-order valence-electron chi connectivity index (χ1n) is 9.15. The zero-order valence-electron chi connectivity index (χ0n) is 16.1. The Morgan fingerprint density at radius 3 is 2.62 bits per heavy atom. The number of aromatic nitrogens is 1. The van der Waals surface area contributed by atoms with Crippen molar-refractivity contribution in [2.45, 2.75) is 33.2 Å². The molecule has 3 aromatic rings. The molecule has 0 aliphatic heterocycles. The molecule has 1 aromatic heterocycles. The van der Waals surface area contributed by atoms with Crippen LogP contribution >= 0.6 is 11.3 Å². The summed E-state index contributed by atoms with van der Waals surface area (Å²) >= 11 is 1.01. The molecule has 8 heteroatoms. The third-order valence-electron chi connectivity index (χ3n) is 4.34. The number of esters is 1. The largest absolute Gasteiger partial charge is 0.466 e. The molecule has 0 spiro atoms. The lowest BCUT2D eigenvalue weighted by atomic mass is 10.1. The van der Waals surface area contributed by atoms with Crippen LogP contribution in [0.5, 0.6) is 0 Å². The second-order valence-electron chi connectivity index (χ2n) is 6.39. The van der Waals surface area contributed by atoms with E-state index in [9.17, 15) is 18.4 Å². The Kier molecular flexibility index (Phi) is 6.53. The van der Waals surface area contributed by atoms with Crippen molar-refractivity contribution in [3.8, 4) is 0 Å². The minimum Gasteiger partial charge on any atom is -0.466 e. The number of para-hydroxylation sites is 1. The number of hydrogen-bond acceptors (Lipinski definition) is 5. The Morgan fingerprint density at radius 1 is 1.14 bits per heavy atom. The van der Waals surface area contributed by atoms with Crippen LogP contribution in [0.25, 0.3) is 10.2 Å². The first kappa shape index (κ1) is 20.9. The van der Waals surface area contributed by atoms with Crippen LogP contribution in [0.4, 0.5) is 14.5 Å². The summed E-state index contributed by atoms with van der Waals surface area (Å²) in [6.45, 7) is 3.91. The Hall–Kier alpha value is -2.87. The highest BCUT2D eigenvalue weighted by Gasteiger charge is 2.22. The number of fused-ring (bicyclic) bond motifs is 1. The predicted molar refractivity (Wildman–Crippen MR) is 108 cm³/mol. The van der Waals surface area contributed by atoms with Crippen LogP contribution in [0.1, 0.15) is 30.3 Å². The molecule has 0 fully saturated rings. The van der Waals surface area contributed by atoms with Crippen molar-refractivity contribution < 1.29 is 23.1 Å². The fourth-order valence-electron chi connectivity index (χ4n) is 2.94. The van der Waals surface area contributed by atoms with Gasteiger partial charge in [0.15, 0.2) is 11.6 Å². The monoisotopic (exact) mass is 418 g/mol. The maximum Gasteiger partial charge on any atom is 0.306 e. The number of aryl methyl sites for hydroxylation is 1. The third kappa shape index (κ3) is 4.76. The van der Waals surface area contributed by atoms with E-state index in [1.54, 1.807) is 19.1 Å². The van der Waals surface area contributed by atoms with Crippen molar-refractivity contribution >= 4 is 39.1 Å². The molecular weight excluding hydrogens is 398 g/mol. The SMILES string of the molecule is CCOC(=O)CCC(=O)N(Cc1nc2ccc(F)c(F)c2s1)c1ccccc1C. The molecule has 0 atom stereocenters. The molecule has 2 aromatic carbocycles. The molecular formula is C21H20F2N2O3S. The molecule has 152 valence electrons. The van der Waals surface area contributed by atoms with Gasteiger partial charge in [-0.3, -0.25) is 9.59 Å². The molecule has 0 saturated carbocycles. The molecule has 0 aliphatic carbocycles. The number of nitrogens with zero attached hydrogens (tertiary/aromatic N) is 2. The molecule has 0 N–H and O–H groups in total. The van der Waals surface area contributed by atoms with Gasteiger partial charge in [0.2, 0.25) is 5.91 Å². The van der Waals surface area contributed by atoms with Crippen molar-refractivity contribution in [3.63, 3.8) is 0 Å². The van der Waals surface area contributed by atoms with Gasteiger partial charge in [-0.15, -0.1) is 11.3 Å². The van der Waals surface area contributed by atoms with Gasteiger partial charge < -0.3 is 9.64 Å². The van der Waals surface area contributed by atoms with E-state index in [1.165, 1.54) is 11.0 Å². The molecule has 0 unspecified atom stereocenters. The summed E-state index contributed by atoms with van der Waals surface area (Å²) in [5.41, 5.74) is 1.88. The second kappa shape index (κ2) is 9.09. The Labute approximate surface area is 170 Å². The van der Waals surface area contributed by atoms with Crippen LogP contribution in [-0.2, 0) is 20.9 Å². The van der Waals surface area contributed by atoms with Gasteiger partial charge in [-0.1, -0.05) is 18.2 Å². The van der Waals surface area contributed by atoms with Crippen LogP contribution < -0.4 is 4.90 Å². The highest BCUT2D eigenvalue weighted by atomic mass is 32.1. The minimum absolute atomic E-state index is 0.0267. The van der Waals surface area contributed by atoms with Gasteiger partial charge in [0.25, 0.3) is 0 Å². The first-order chi connectivity index (χ1) is 13.9. The molecule has 0 bridgehead atoms. The highest BCUT2D eigenvalue weighted by Crippen LogP contribution is 2.29. The number of halogens is 2. The van der Waals surface area contributed by atoms with Crippen LogP contribution in [0.15, 0.2) is 36.4 Å². The Bertz CT molecular complexity index is 1050. The third-order valence-corrected chi connectivity index (χ3v) is 5.39. The van der Waals surface area contributed by atoms with Crippen molar-refractivity contribution in [1.29, 1.82) is 0 Å². The number of hydrogen-bond donors (Lipinski definition) is 0. The summed E-state index contributed by atoms with van der Waals surface area (Å²) in [6.07, 6.45) is -0.0597. The average Bonchev–Trinajstić information content (AvgIpc) is 3.12. The fraction of sp³-hybridized carbons (Fsp3) is 0.286. The van der Waals surface area contributed by atoms with E-state index < -0.39 is 17.6 Å². The second-order valence-corrected chi connectivity index (χ2v) is 7.47. The quantitative estimate of drug-likeness (QED) is 0.519. The zero-order valence-corrected chi connectivity index (χ0v) is 16.9. The number of anilines is 1. The smallest absolute Gasteiger partial charge is 0.306 e. The fourth-order valence-corrected chi connectivity index (χ4v) is 3.91. The van der Waals surface area contributed by atoms with Crippen molar-refractivity contribution in [3.05, 3.63) is 58.6 Å². The van der Waals surface area contributed by atoms with Crippen molar-refractivity contribution in [1.82, 2.24) is 4.98 Å². The van der Waals surface area contributed by atoms with Gasteiger partial charge >= 0.3 is 5.97 Å². The number of carbonyl (C=O) groups excluding carboxylic acids is 2. The number of benzene rings is 2. The predicted octanol–water partition coefficient (Wildman–Crippen LogP) is 4.76. The minimum atomic E-state index is -0.942. The molecule has 5 nitrogen and oxygen atoms in total. The number of ether oxygens (including phenoxy) is 1. The average molecular weight is 418 g/mol. The van der Waals surface area contributed by atoms with Gasteiger partial charge in [-0.05, 0) is 37.6 Å². The van der Waals surface area contributed by atoms with Gasteiger partial charge in [-0.2, -0.15) is 0 Å². The molecule has 1 heterocycles. The number of amides is 1. The van der Waals surface area contributed by atoms with Gasteiger partial charge in [0.05, 0.1) is 29.8 Å². The Morgan fingerprint density at radius 2 is 1.90 bits per heavy atom. The lowest BCUT2D eigenvalue weighted by Gasteiger charge is -2.23. The van der Waals surface area contributed by atoms with E-state index in [0.717, 1.165) is 23.0 Å². The van der Waals surface area contributed by atoms with E-state index in [-0.39, 0.29) is 36.6 Å². The molecule has 29 heavy (non-hydrogen) atoms. The van der Waals surface area contributed by atoms with Crippen molar-refractivity contribution in [2.24, 2.45) is 0 Å². The highest BCUT2D eigenvalue weighted by molar-refractivity contribution is 7.18. The summed E-state index contributed by atoms with van der Waals surface area (Å²) < 4.78 is 32.5. The number of rotatable bonds is 7. The van der Waals surface area contributed by atoms with Gasteiger partial charge in [-0.25, -0.2) is 13.8 Å². The van der Waals surface area contributed by atoms with Gasteiger partial charge in [0, 0.05) is 12.1 Å². The normalized spacial score (nSPS) is 10.9. The number of carbonyl (C=O) groups is 2. The topological polar surface area (TPSA) is 59.5 Å². The maximum atomic E-state index is 14.0. The Balaban J connectivity index is 1.89. The standard InChI is InChI=1S/C21H20F2N2O3S/c1-3-28-19(27)11-10-18(26)25(16-7-5-4-6-13(16)2)12-17-24-15-9-8-14(22)20(23)21(15)29-17/h4-9H,3,10-12H2,1-2H3. The zero-order chi connectivity index (χ0) is 21.0.